The average Bonchev–Trinajstić information content (AvgIpc) is 3.61. The summed E-state index contributed by atoms with van der Waals surface area (Å²) in [5.41, 5.74) is 4.02. The predicted octanol–water partition coefficient (Wildman–Crippen LogP) is 4.60. The molecule has 9 heteroatoms. The van der Waals surface area contributed by atoms with E-state index >= 15 is 0 Å². The van der Waals surface area contributed by atoms with Crippen molar-refractivity contribution in [3.05, 3.63) is 89.6 Å². The van der Waals surface area contributed by atoms with E-state index in [4.69, 9.17) is 4.52 Å². The van der Waals surface area contributed by atoms with Gasteiger partial charge in [-0.05, 0) is 49.6 Å². The van der Waals surface area contributed by atoms with Crippen LogP contribution in [0.5, 0.6) is 0 Å². The highest BCUT2D eigenvalue weighted by molar-refractivity contribution is 5.62. The Morgan fingerprint density at radius 2 is 1.94 bits per heavy atom. The number of benzene rings is 2. The zero-order valence-corrected chi connectivity index (χ0v) is 17.4. The Hall–Kier alpha value is -4.14. The number of nitrogens with zero attached hydrogens (tertiary/aromatic N) is 6. The molecule has 164 valence electrons. The van der Waals surface area contributed by atoms with Gasteiger partial charge in [0.1, 0.15) is 17.3 Å². The molecular formula is C24H18F2N6O. The first kappa shape index (κ1) is 19.5. The summed E-state index contributed by atoms with van der Waals surface area (Å²) in [5.74, 6) is -0.0652. The molecule has 0 N–H and O–H groups in total. The van der Waals surface area contributed by atoms with E-state index in [9.17, 15) is 8.78 Å². The van der Waals surface area contributed by atoms with Crippen LogP contribution in [0.3, 0.4) is 0 Å². The zero-order valence-electron chi connectivity index (χ0n) is 17.4. The third-order valence-corrected chi connectivity index (χ3v) is 5.86. The molecular weight excluding hydrogens is 426 g/mol. The monoisotopic (exact) mass is 444 g/mol. The molecule has 1 aliphatic rings. The molecule has 0 bridgehead atoms. The Bertz CT molecular complexity index is 1450. The lowest BCUT2D eigenvalue weighted by Gasteiger charge is -2.06. The Morgan fingerprint density at radius 1 is 1.03 bits per heavy atom. The highest BCUT2D eigenvalue weighted by atomic mass is 19.1. The fraction of sp³-hybridized carbons (Fsp3) is 0.167. The van der Waals surface area contributed by atoms with E-state index in [0.717, 1.165) is 30.5 Å². The minimum Gasteiger partial charge on any atom is -0.333 e. The summed E-state index contributed by atoms with van der Waals surface area (Å²) >= 11 is 0. The molecule has 3 heterocycles. The fourth-order valence-electron chi connectivity index (χ4n) is 4.28. The Kier molecular flexibility index (Phi) is 4.60. The molecule has 0 radical (unpaired) electrons. The van der Waals surface area contributed by atoms with Crippen molar-refractivity contribution in [1.82, 2.24) is 29.5 Å². The van der Waals surface area contributed by atoms with Crippen LogP contribution in [-0.2, 0) is 19.4 Å². The third-order valence-electron chi connectivity index (χ3n) is 5.86. The van der Waals surface area contributed by atoms with Crippen LogP contribution in [0.25, 0.3) is 28.7 Å². The van der Waals surface area contributed by atoms with Gasteiger partial charge in [-0.25, -0.2) is 18.4 Å². The van der Waals surface area contributed by atoms with Crippen molar-refractivity contribution in [3.8, 4) is 28.7 Å². The van der Waals surface area contributed by atoms with Crippen molar-refractivity contribution in [2.24, 2.45) is 0 Å². The third kappa shape index (κ3) is 3.42. The molecule has 6 rings (SSSR count). The molecule has 1 aliphatic carbocycles. The predicted molar refractivity (Wildman–Crippen MR) is 116 cm³/mol. The molecule has 0 saturated carbocycles. The van der Waals surface area contributed by atoms with E-state index in [1.807, 2.05) is 0 Å². The first-order valence-corrected chi connectivity index (χ1v) is 10.6. The van der Waals surface area contributed by atoms with Gasteiger partial charge in [0.15, 0.2) is 5.69 Å². The summed E-state index contributed by atoms with van der Waals surface area (Å²) in [4.78, 5) is 8.53. The van der Waals surface area contributed by atoms with E-state index in [0.29, 0.717) is 34.9 Å². The van der Waals surface area contributed by atoms with Crippen molar-refractivity contribution in [2.75, 3.05) is 0 Å². The van der Waals surface area contributed by atoms with E-state index in [-0.39, 0.29) is 17.5 Å². The van der Waals surface area contributed by atoms with Gasteiger partial charge >= 0.3 is 0 Å². The van der Waals surface area contributed by atoms with Crippen LogP contribution >= 0.6 is 0 Å². The summed E-state index contributed by atoms with van der Waals surface area (Å²) < 4.78 is 37.8. The van der Waals surface area contributed by atoms with Gasteiger partial charge in [-0.1, -0.05) is 17.3 Å². The molecule has 0 unspecified atom stereocenters. The summed E-state index contributed by atoms with van der Waals surface area (Å²) in [6.07, 6.45) is 7.60. The van der Waals surface area contributed by atoms with Gasteiger partial charge in [-0.2, -0.15) is 10.1 Å². The number of imidazole rings is 1. The molecule has 5 aromatic rings. The second-order valence-electron chi connectivity index (χ2n) is 7.95. The number of para-hydroxylation sites is 1. The largest absolute Gasteiger partial charge is 0.333 e. The van der Waals surface area contributed by atoms with Crippen molar-refractivity contribution in [2.45, 2.75) is 25.8 Å². The van der Waals surface area contributed by atoms with E-state index in [1.165, 1.54) is 12.1 Å². The molecule has 0 aliphatic heterocycles. The highest BCUT2D eigenvalue weighted by Crippen LogP contribution is 2.34. The van der Waals surface area contributed by atoms with Gasteiger partial charge in [0.25, 0.3) is 5.89 Å². The maximum Gasteiger partial charge on any atom is 0.279 e. The van der Waals surface area contributed by atoms with Crippen molar-refractivity contribution < 1.29 is 13.3 Å². The lowest BCUT2D eigenvalue weighted by molar-refractivity contribution is 0.430. The van der Waals surface area contributed by atoms with Crippen LogP contribution in [0.2, 0.25) is 0 Å². The lowest BCUT2D eigenvalue weighted by Crippen LogP contribution is -2.03. The first-order chi connectivity index (χ1) is 16.2. The average molecular weight is 444 g/mol. The molecule has 0 fully saturated rings. The van der Waals surface area contributed by atoms with Gasteiger partial charge in [0.05, 0.1) is 12.9 Å². The summed E-state index contributed by atoms with van der Waals surface area (Å²) in [6, 6.07) is 11.3. The van der Waals surface area contributed by atoms with Crippen molar-refractivity contribution in [1.29, 1.82) is 0 Å². The van der Waals surface area contributed by atoms with Gasteiger partial charge in [-0.15, -0.1) is 0 Å². The second-order valence-corrected chi connectivity index (χ2v) is 7.95. The maximum absolute atomic E-state index is 14.4. The van der Waals surface area contributed by atoms with Crippen LogP contribution in [0.15, 0.2) is 65.7 Å². The SMILES string of the molecule is Fc1ccc(-c2noc(-c3nn(-c4ccccc4F)c4c3CCC4)n2)cc1Cn1ccnc1. The number of rotatable bonds is 5. The highest BCUT2D eigenvalue weighted by Gasteiger charge is 2.28. The lowest BCUT2D eigenvalue weighted by atomic mass is 10.1. The molecule has 7 nitrogen and oxygen atoms in total. The van der Waals surface area contributed by atoms with E-state index < -0.39 is 0 Å². The standard InChI is InChI=1S/C24H18F2N6O/c25-18-9-8-15(12-16(18)13-31-11-10-27-14-31)23-28-24(33-30-23)22-17-4-3-7-20(17)32(29-22)21-6-2-1-5-19(21)26/h1-2,5-6,8-12,14H,3-4,7,13H2. The summed E-state index contributed by atoms with van der Waals surface area (Å²) in [7, 11) is 0. The number of fused-ring (bicyclic) bond motifs is 1. The van der Waals surface area contributed by atoms with Crippen LogP contribution in [-0.4, -0.2) is 29.5 Å². The smallest absolute Gasteiger partial charge is 0.279 e. The summed E-state index contributed by atoms with van der Waals surface area (Å²) in [5, 5.41) is 8.74. The van der Waals surface area contributed by atoms with Crippen molar-refractivity contribution >= 4 is 0 Å². The number of halogens is 2. The van der Waals surface area contributed by atoms with Crippen LogP contribution in [0.4, 0.5) is 8.78 Å². The molecule has 0 saturated heterocycles. The minimum absolute atomic E-state index is 0.263. The normalized spacial score (nSPS) is 12.9. The minimum atomic E-state index is -0.343. The van der Waals surface area contributed by atoms with Gasteiger partial charge in [0, 0.05) is 34.8 Å². The van der Waals surface area contributed by atoms with E-state index in [1.54, 1.807) is 58.3 Å². The van der Waals surface area contributed by atoms with Gasteiger partial charge < -0.3 is 9.09 Å². The molecule has 0 atom stereocenters. The zero-order chi connectivity index (χ0) is 22.4. The first-order valence-electron chi connectivity index (χ1n) is 10.6. The second kappa shape index (κ2) is 7.77. The van der Waals surface area contributed by atoms with Gasteiger partial charge in [-0.3, -0.25) is 0 Å². The Morgan fingerprint density at radius 3 is 2.79 bits per heavy atom. The van der Waals surface area contributed by atoms with Crippen LogP contribution < -0.4 is 0 Å². The Labute approximate surface area is 187 Å². The number of aromatic nitrogens is 6. The number of hydrogen-bond acceptors (Lipinski definition) is 5. The summed E-state index contributed by atoms with van der Waals surface area (Å²) in [6.45, 7) is 0.338. The van der Waals surface area contributed by atoms with Crippen LogP contribution in [0.1, 0.15) is 23.2 Å². The topological polar surface area (TPSA) is 74.6 Å². The van der Waals surface area contributed by atoms with Crippen molar-refractivity contribution in [3.63, 3.8) is 0 Å². The molecule has 0 spiro atoms. The molecule has 0 amide bonds. The fourth-order valence-corrected chi connectivity index (χ4v) is 4.28. The maximum atomic E-state index is 14.4. The quantitative estimate of drug-likeness (QED) is 0.396. The number of hydrogen-bond donors (Lipinski definition) is 0. The van der Waals surface area contributed by atoms with Gasteiger partial charge in [0.2, 0.25) is 5.82 Å². The Balaban J connectivity index is 1.37. The van der Waals surface area contributed by atoms with E-state index in [2.05, 4.69) is 20.2 Å². The molecule has 3 aromatic heterocycles. The molecule has 33 heavy (non-hydrogen) atoms. The molecule has 2 aromatic carbocycles. The van der Waals surface area contributed by atoms with Crippen LogP contribution in [0, 0.1) is 11.6 Å².